The molecule has 2 amide bonds. The number of nitrogens with two attached hydrogens (primary N) is 2. The van der Waals surface area contributed by atoms with E-state index in [1.54, 1.807) is 42.5 Å². The van der Waals surface area contributed by atoms with Gasteiger partial charge in [0, 0.05) is 6.42 Å². The Balaban J connectivity index is 1.62. The van der Waals surface area contributed by atoms with Gasteiger partial charge in [0.05, 0.1) is 12.8 Å². The van der Waals surface area contributed by atoms with Crippen molar-refractivity contribution in [2.45, 2.75) is 25.0 Å². The quantitative estimate of drug-likeness (QED) is 0.467. The molecule has 1 fully saturated rings. The van der Waals surface area contributed by atoms with E-state index >= 15 is 0 Å². The Morgan fingerprint density at radius 2 is 1.86 bits per heavy atom. The molecule has 9 nitrogen and oxygen atoms in total. The molecule has 29 heavy (non-hydrogen) atoms. The molecule has 0 bridgehead atoms. The Hall–Kier alpha value is -3.59. The topological polar surface area (TPSA) is 143 Å². The zero-order valence-electron chi connectivity index (χ0n) is 15.7. The number of carbonyl (C=O) groups is 3. The molecule has 5 N–H and O–H groups in total. The molecule has 0 saturated carbocycles. The molecule has 2 atom stereocenters. The van der Waals surface area contributed by atoms with Gasteiger partial charge in [-0.05, 0) is 41.8 Å². The number of nitrogen functional groups attached to an aromatic ring is 1. The first kappa shape index (κ1) is 20.2. The highest BCUT2D eigenvalue weighted by atomic mass is 16.6. The molecule has 2 unspecified atom stereocenters. The number of ether oxygens (including phenoxy) is 3. The van der Waals surface area contributed by atoms with E-state index in [4.69, 9.17) is 20.9 Å². The molecule has 0 aromatic heterocycles. The largest absolute Gasteiger partial charge is 0.468 e. The van der Waals surface area contributed by atoms with Crippen LogP contribution in [0.25, 0.3) is 0 Å². The summed E-state index contributed by atoms with van der Waals surface area (Å²) in [7, 11) is 1.30. The molecule has 0 spiro atoms. The lowest BCUT2D eigenvalue weighted by Gasteiger charge is -2.12. The van der Waals surface area contributed by atoms with Crippen molar-refractivity contribution in [3.8, 4) is 11.5 Å². The molecule has 152 valence electrons. The van der Waals surface area contributed by atoms with Crippen molar-refractivity contribution in [3.63, 3.8) is 0 Å². The fraction of sp³-hybridized carbons (Fsp3) is 0.250. The van der Waals surface area contributed by atoms with Crippen LogP contribution in [0.15, 0.2) is 42.5 Å². The molecule has 9 heteroatoms. The molecule has 3 rings (SSSR count). The van der Waals surface area contributed by atoms with Crippen molar-refractivity contribution in [2.75, 3.05) is 12.8 Å². The lowest BCUT2D eigenvalue weighted by Crippen LogP contribution is -2.33. The molecular weight excluding hydrogens is 378 g/mol. The highest BCUT2D eigenvalue weighted by Gasteiger charge is 2.32. The average Bonchev–Trinajstić information content (AvgIpc) is 3.01. The van der Waals surface area contributed by atoms with Gasteiger partial charge >= 0.3 is 12.1 Å². The number of rotatable bonds is 7. The molecule has 0 radical (unpaired) electrons. The SMILES string of the molecule is COC(=O)C(N)Cc1ccc(Oc2ccc(CC3OC(=O)NC3=O)cc2N)cc1. The van der Waals surface area contributed by atoms with Gasteiger partial charge in [-0.3, -0.25) is 14.9 Å². The van der Waals surface area contributed by atoms with Crippen LogP contribution in [0.2, 0.25) is 0 Å². The Morgan fingerprint density at radius 3 is 2.45 bits per heavy atom. The van der Waals surface area contributed by atoms with E-state index in [0.717, 1.165) is 11.1 Å². The van der Waals surface area contributed by atoms with Crippen molar-refractivity contribution in [1.29, 1.82) is 0 Å². The normalized spacial score (nSPS) is 16.7. The van der Waals surface area contributed by atoms with Crippen LogP contribution in [-0.2, 0) is 31.9 Å². The first-order valence-electron chi connectivity index (χ1n) is 8.86. The maximum Gasteiger partial charge on any atom is 0.414 e. The average molecular weight is 399 g/mol. The zero-order valence-corrected chi connectivity index (χ0v) is 15.7. The van der Waals surface area contributed by atoms with Crippen molar-refractivity contribution >= 4 is 23.7 Å². The molecule has 1 heterocycles. The van der Waals surface area contributed by atoms with E-state index in [1.165, 1.54) is 7.11 Å². The van der Waals surface area contributed by atoms with Gasteiger partial charge in [-0.25, -0.2) is 4.79 Å². The maximum atomic E-state index is 11.6. The number of carbonyl (C=O) groups excluding carboxylic acids is 3. The van der Waals surface area contributed by atoms with Crippen LogP contribution in [0.4, 0.5) is 10.5 Å². The van der Waals surface area contributed by atoms with Crippen LogP contribution in [0.1, 0.15) is 11.1 Å². The first-order valence-corrected chi connectivity index (χ1v) is 8.86. The summed E-state index contributed by atoms with van der Waals surface area (Å²) in [4.78, 5) is 34.1. The number of hydrogen-bond donors (Lipinski definition) is 3. The van der Waals surface area contributed by atoms with Crippen LogP contribution < -0.4 is 21.5 Å². The minimum absolute atomic E-state index is 0.219. The monoisotopic (exact) mass is 399 g/mol. The van der Waals surface area contributed by atoms with E-state index < -0.39 is 30.1 Å². The van der Waals surface area contributed by atoms with Crippen molar-refractivity contribution in [2.24, 2.45) is 5.73 Å². The van der Waals surface area contributed by atoms with Gasteiger partial charge in [0.1, 0.15) is 17.5 Å². The van der Waals surface area contributed by atoms with Crippen molar-refractivity contribution in [1.82, 2.24) is 5.32 Å². The summed E-state index contributed by atoms with van der Waals surface area (Å²) in [6, 6.07) is 11.5. The van der Waals surface area contributed by atoms with E-state index in [-0.39, 0.29) is 6.42 Å². The molecule has 0 aliphatic carbocycles. The number of nitrogens with one attached hydrogen (secondary N) is 1. The van der Waals surface area contributed by atoms with Crippen LogP contribution in [0.5, 0.6) is 11.5 Å². The predicted octanol–water partition coefficient (Wildman–Crippen LogP) is 1.28. The van der Waals surface area contributed by atoms with Crippen LogP contribution in [0.3, 0.4) is 0 Å². The van der Waals surface area contributed by atoms with Crippen LogP contribution in [-0.4, -0.2) is 37.2 Å². The minimum atomic E-state index is -0.863. The summed E-state index contributed by atoms with van der Waals surface area (Å²) in [5.74, 6) is 0.0634. The highest BCUT2D eigenvalue weighted by Crippen LogP contribution is 2.29. The number of hydrogen-bond acceptors (Lipinski definition) is 8. The summed E-state index contributed by atoms with van der Waals surface area (Å²) in [5, 5.41) is 2.08. The summed E-state index contributed by atoms with van der Waals surface area (Å²) in [5.41, 5.74) is 13.8. The Bertz CT molecular complexity index is 928. The van der Waals surface area contributed by atoms with Gasteiger partial charge in [0.25, 0.3) is 5.91 Å². The Kier molecular flexibility index (Phi) is 5.99. The third-order valence-electron chi connectivity index (χ3n) is 4.37. The molecule has 1 saturated heterocycles. The number of cyclic esters (lactones) is 1. The van der Waals surface area contributed by atoms with E-state index in [0.29, 0.717) is 23.6 Å². The van der Waals surface area contributed by atoms with E-state index in [9.17, 15) is 14.4 Å². The standard InChI is InChI=1S/C20H21N3O6/c1-27-19(25)15(22)8-11-2-5-13(6-3-11)28-16-7-4-12(9-14(16)21)10-17-18(24)23-20(26)29-17/h2-7,9,15,17H,8,10,21-22H2,1H3,(H,23,24,26). The summed E-state index contributed by atoms with van der Waals surface area (Å²) in [6.07, 6.45) is -1.04. The third kappa shape index (κ3) is 5.02. The second kappa shape index (κ2) is 8.61. The van der Waals surface area contributed by atoms with Gasteiger partial charge in [0.2, 0.25) is 0 Å². The number of esters is 1. The number of alkyl carbamates (subject to hydrolysis) is 1. The molecule has 2 aromatic carbocycles. The summed E-state index contributed by atoms with van der Waals surface area (Å²) in [6.45, 7) is 0. The second-order valence-corrected chi connectivity index (χ2v) is 6.54. The van der Waals surface area contributed by atoms with Crippen molar-refractivity contribution in [3.05, 3.63) is 53.6 Å². The predicted molar refractivity (Wildman–Crippen MR) is 103 cm³/mol. The number of imide groups is 1. The summed E-state index contributed by atoms with van der Waals surface area (Å²) >= 11 is 0. The van der Waals surface area contributed by atoms with Gasteiger partial charge in [-0.1, -0.05) is 18.2 Å². The first-order chi connectivity index (χ1) is 13.9. The molecule has 1 aliphatic rings. The van der Waals surface area contributed by atoms with Gasteiger partial charge in [0.15, 0.2) is 6.10 Å². The summed E-state index contributed by atoms with van der Waals surface area (Å²) < 4.78 is 15.3. The van der Waals surface area contributed by atoms with E-state index in [2.05, 4.69) is 10.1 Å². The number of benzene rings is 2. The zero-order chi connectivity index (χ0) is 21.0. The lowest BCUT2D eigenvalue weighted by molar-refractivity contribution is -0.142. The molecular formula is C20H21N3O6. The second-order valence-electron chi connectivity index (χ2n) is 6.54. The van der Waals surface area contributed by atoms with Crippen LogP contribution >= 0.6 is 0 Å². The molecule has 2 aromatic rings. The van der Waals surface area contributed by atoms with Gasteiger partial charge in [-0.15, -0.1) is 0 Å². The highest BCUT2D eigenvalue weighted by molar-refractivity contribution is 6.00. The Morgan fingerprint density at radius 1 is 1.17 bits per heavy atom. The smallest absolute Gasteiger partial charge is 0.414 e. The van der Waals surface area contributed by atoms with Crippen LogP contribution in [0, 0.1) is 0 Å². The fourth-order valence-corrected chi connectivity index (χ4v) is 2.87. The fourth-order valence-electron chi connectivity index (χ4n) is 2.87. The maximum absolute atomic E-state index is 11.6. The number of amides is 2. The molecule has 1 aliphatic heterocycles. The minimum Gasteiger partial charge on any atom is -0.468 e. The van der Waals surface area contributed by atoms with Crippen molar-refractivity contribution < 1.29 is 28.6 Å². The third-order valence-corrected chi connectivity index (χ3v) is 4.37. The number of anilines is 1. The lowest BCUT2D eigenvalue weighted by atomic mass is 10.1. The Labute approximate surface area is 166 Å². The van der Waals surface area contributed by atoms with Gasteiger partial charge < -0.3 is 25.7 Å². The van der Waals surface area contributed by atoms with Gasteiger partial charge in [-0.2, -0.15) is 0 Å². The number of methoxy groups -OCH3 is 1. The van der Waals surface area contributed by atoms with E-state index in [1.807, 2.05) is 0 Å².